The Morgan fingerprint density at radius 3 is 0.660 bits per heavy atom. The van der Waals surface area contributed by atoms with E-state index in [0.29, 0.717) is 0 Å². The van der Waals surface area contributed by atoms with Gasteiger partial charge in [0.15, 0.2) is 0 Å². The quantitative estimate of drug-likeness (QED) is 0.0924. The van der Waals surface area contributed by atoms with Gasteiger partial charge in [-0.15, -0.1) is 0 Å². The van der Waals surface area contributed by atoms with Crippen molar-refractivity contribution in [3.8, 4) is 0 Å². The molecule has 0 atom stereocenters. The zero-order valence-electron chi connectivity index (χ0n) is 26.7. The topological polar surface area (TPSA) is 17.1 Å². The van der Waals surface area contributed by atoms with Crippen LogP contribution in [0, 0.1) is 5.41 Å². The maximum atomic E-state index is 8.00. The number of carbonyl (C=O) groups excluding carboxylic acids is 1. The molecule has 0 aliphatic carbocycles. The van der Waals surface area contributed by atoms with Gasteiger partial charge in [0.05, 0.1) is 0 Å². The molecule has 240 valence electrons. The Balaban J connectivity index is 0.00000164. The third-order valence-electron chi connectivity index (χ3n) is 8.03. The van der Waals surface area contributed by atoms with Crippen molar-refractivity contribution in [1.82, 2.24) is 0 Å². The van der Waals surface area contributed by atoms with Crippen molar-refractivity contribution in [3.05, 3.63) is 182 Å². The van der Waals surface area contributed by atoms with Crippen molar-refractivity contribution in [2.75, 3.05) is 18.5 Å². The molecule has 0 saturated carbocycles. The molecule has 0 fully saturated rings. The number of hydrogen-bond donors (Lipinski definition) is 0. The van der Waals surface area contributed by atoms with Gasteiger partial charge in [0.25, 0.3) is 0 Å². The summed E-state index contributed by atoms with van der Waals surface area (Å²) in [7, 11) is -1.66. The van der Waals surface area contributed by atoms with E-state index in [0.717, 1.165) is 18.5 Å². The molecule has 0 heterocycles. The van der Waals surface area contributed by atoms with Crippen molar-refractivity contribution in [1.29, 1.82) is 0 Å². The molecule has 6 aromatic rings. The third-order valence-corrected chi connectivity index (χ3v) is 16.8. The predicted molar refractivity (Wildman–Crippen MR) is 207 cm³/mol. The Hall–Kier alpha value is -3.23. The first-order valence-corrected chi connectivity index (χ1v) is 20.2. The van der Waals surface area contributed by atoms with E-state index in [2.05, 4.69) is 189 Å². The van der Waals surface area contributed by atoms with Gasteiger partial charge >= 0.3 is 0 Å². The van der Waals surface area contributed by atoms with E-state index < -0.39 is 23.8 Å². The molecule has 5 heteroatoms. The van der Waals surface area contributed by atoms with Gasteiger partial charge in [0, 0.05) is 16.5 Å². The van der Waals surface area contributed by atoms with Crippen LogP contribution < -0.4 is 31.8 Å². The molecule has 0 spiro atoms. The van der Waals surface area contributed by atoms with Crippen LogP contribution in [-0.4, -0.2) is 25.3 Å². The van der Waals surface area contributed by atoms with Crippen molar-refractivity contribution < 1.29 is 21.3 Å². The van der Waals surface area contributed by atoms with Gasteiger partial charge in [0.2, 0.25) is 0 Å². The van der Waals surface area contributed by atoms with Crippen molar-refractivity contribution >= 4 is 62.4 Å². The van der Waals surface area contributed by atoms with E-state index in [1.165, 1.54) is 31.8 Å². The van der Waals surface area contributed by atoms with Gasteiger partial charge in [-0.05, 0) is 79.5 Å². The molecule has 6 rings (SSSR count). The summed E-state index contributed by atoms with van der Waals surface area (Å²) < 4.78 is 0. The van der Waals surface area contributed by atoms with Crippen LogP contribution in [0.1, 0.15) is 6.92 Å². The second-order valence-electron chi connectivity index (χ2n) is 11.6. The van der Waals surface area contributed by atoms with Crippen molar-refractivity contribution in [2.24, 2.45) is 5.41 Å². The predicted octanol–water partition coefficient (Wildman–Crippen LogP) is 8.20. The average Bonchev–Trinajstić information content (AvgIpc) is 3.15. The Labute approximate surface area is 295 Å². The molecule has 0 aliphatic heterocycles. The first kappa shape index (κ1) is 36.6. The minimum atomic E-state index is -0.555. The Morgan fingerprint density at radius 2 is 0.511 bits per heavy atom. The Bertz CT molecular complexity index is 1380. The van der Waals surface area contributed by atoms with Crippen molar-refractivity contribution in [3.63, 3.8) is 0 Å². The van der Waals surface area contributed by atoms with Crippen LogP contribution in [0.2, 0.25) is 0 Å². The fraction of sp³-hybridized carbons (Fsp3) is 0.119. The summed E-state index contributed by atoms with van der Waals surface area (Å²) in [6.07, 6.45) is 3.44. The Kier molecular flexibility index (Phi) is 14.8. The normalized spacial score (nSPS) is 11.1. The zero-order valence-corrected chi connectivity index (χ0v) is 30.4. The van der Waals surface area contributed by atoms with E-state index in [9.17, 15) is 0 Å². The van der Waals surface area contributed by atoms with Crippen LogP contribution in [0.5, 0.6) is 0 Å². The summed E-state index contributed by atoms with van der Waals surface area (Å²) in [6, 6.07) is 67.7. The SMILES string of the molecule is C=O.CC(CP(c1ccccc1)c1ccccc1)(CP(c1ccccc1)c1ccccc1)CP(c1ccccc1)c1ccccc1.[Ni]. The van der Waals surface area contributed by atoms with Gasteiger partial charge < -0.3 is 4.79 Å². The molecule has 0 bridgehead atoms. The van der Waals surface area contributed by atoms with E-state index in [-0.39, 0.29) is 21.9 Å². The summed E-state index contributed by atoms with van der Waals surface area (Å²) in [5.74, 6) is 0. The smallest absolute Gasteiger partial charge is 0.106 e. The monoisotopic (exact) mass is 712 g/mol. The van der Waals surface area contributed by atoms with Crippen LogP contribution >= 0.6 is 23.8 Å². The number of hydrogen-bond acceptors (Lipinski definition) is 1. The van der Waals surface area contributed by atoms with Gasteiger partial charge in [-0.1, -0.05) is 189 Å². The molecular formula is C42H41NiOP3. The fourth-order valence-electron chi connectivity index (χ4n) is 5.94. The summed E-state index contributed by atoms with van der Waals surface area (Å²) in [5, 5.41) is 8.79. The molecule has 0 unspecified atom stereocenters. The molecule has 0 aliphatic rings. The second-order valence-corrected chi connectivity index (χ2v) is 18.2. The number of carbonyl (C=O) groups is 1. The van der Waals surface area contributed by atoms with Gasteiger partial charge in [-0.25, -0.2) is 0 Å². The van der Waals surface area contributed by atoms with E-state index in [1.54, 1.807) is 0 Å². The summed E-state index contributed by atoms with van der Waals surface area (Å²) in [6.45, 7) is 4.61. The molecule has 47 heavy (non-hydrogen) atoms. The van der Waals surface area contributed by atoms with Crippen LogP contribution in [-0.2, 0) is 21.3 Å². The summed E-state index contributed by atoms with van der Waals surface area (Å²) in [4.78, 5) is 8.00. The maximum absolute atomic E-state index is 8.00. The van der Waals surface area contributed by atoms with E-state index >= 15 is 0 Å². The van der Waals surface area contributed by atoms with E-state index in [1.807, 2.05) is 6.79 Å². The third kappa shape index (κ3) is 10.1. The molecule has 0 N–H and O–H groups in total. The first-order chi connectivity index (χ1) is 22.7. The van der Waals surface area contributed by atoms with Crippen LogP contribution in [0.15, 0.2) is 182 Å². The van der Waals surface area contributed by atoms with Crippen LogP contribution in [0.3, 0.4) is 0 Å². The molecular weight excluding hydrogens is 672 g/mol. The summed E-state index contributed by atoms with van der Waals surface area (Å²) >= 11 is 0. The number of rotatable bonds is 12. The molecule has 6 aromatic carbocycles. The largest absolute Gasteiger partial charge is 0.307 e. The molecule has 0 aromatic heterocycles. The van der Waals surface area contributed by atoms with Gasteiger partial charge in [-0.2, -0.15) is 0 Å². The first-order valence-electron chi connectivity index (χ1n) is 15.6. The second kappa shape index (κ2) is 18.9. The molecule has 0 amide bonds. The molecule has 0 saturated heterocycles. The molecule has 1 nitrogen and oxygen atoms in total. The average molecular weight is 713 g/mol. The zero-order chi connectivity index (χ0) is 32.0. The minimum absolute atomic E-state index is 0. The minimum Gasteiger partial charge on any atom is -0.307 e. The Morgan fingerprint density at radius 1 is 0.362 bits per heavy atom. The van der Waals surface area contributed by atoms with Crippen molar-refractivity contribution in [2.45, 2.75) is 6.92 Å². The summed E-state index contributed by atoms with van der Waals surface area (Å²) in [5.41, 5.74) is 0.0756. The maximum Gasteiger partial charge on any atom is 0.106 e. The standard InChI is InChI=1S/C41H39P3.CH2O.Ni/c1-41(32-42(35-20-8-2-9-21-35)36-22-10-3-11-23-36,33-43(37-24-12-4-13-25-37)38-26-14-5-15-27-38)34-44(39-28-16-6-17-29-39)40-30-18-7-19-31-40;1-2;/h2-31H,32-34H2,1H3;1H2;. The fourth-order valence-corrected chi connectivity index (χ4v) is 14.6. The van der Waals surface area contributed by atoms with E-state index in [4.69, 9.17) is 4.79 Å². The molecule has 0 radical (unpaired) electrons. The van der Waals surface area contributed by atoms with Gasteiger partial charge in [-0.3, -0.25) is 0 Å². The van der Waals surface area contributed by atoms with Gasteiger partial charge in [0.1, 0.15) is 6.79 Å². The van der Waals surface area contributed by atoms with Crippen LogP contribution in [0.4, 0.5) is 0 Å². The number of benzene rings is 6. The van der Waals surface area contributed by atoms with Crippen LogP contribution in [0.25, 0.3) is 0 Å².